The van der Waals surface area contributed by atoms with Crippen LogP contribution in [0.15, 0.2) is 24.3 Å². The highest BCUT2D eigenvalue weighted by Gasteiger charge is 2.18. The highest BCUT2D eigenvalue weighted by atomic mass is 16.2. The first-order chi connectivity index (χ1) is 9.17. The number of nitrogens with zero attached hydrogens (tertiary/aromatic N) is 2. The number of carbonyl (C=O) groups is 2. The minimum absolute atomic E-state index is 0.0515. The van der Waals surface area contributed by atoms with E-state index in [9.17, 15) is 9.59 Å². The van der Waals surface area contributed by atoms with Crippen LogP contribution in [-0.2, 0) is 9.59 Å². The third-order valence-corrected chi connectivity index (χ3v) is 3.04. The lowest BCUT2D eigenvalue weighted by molar-refractivity contribution is -0.127. The molecule has 0 aromatic heterocycles. The van der Waals surface area contributed by atoms with Crippen LogP contribution < -0.4 is 5.32 Å². The maximum Gasteiger partial charge on any atom is 0.246 e. The van der Waals surface area contributed by atoms with E-state index in [0.717, 1.165) is 32.7 Å². The molecule has 1 heterocycles. The number of carbonyl (C=O) groups excluding carboxylic acids is 2. The summed E-state index contributed by atoms with van der Waals surface area (Å²) in [5.74, 6) is 0.0351. The molecule has 0 saturated carbocycles. The molecule has 5 nitrogen and oxygen atoms in total. The lowest BCUT2D eigenvalue weighted by Gasteiger charge is -2.34. The van der Waals surface area contributed by atoms with Crippen LogP contribution in [0.25, 0.3) is 0 Å². The van der Waals surface area contributed by atoms with Gasteiger partial charge in [-0.2, -0.15) is 0 Å². The van der Waals surface area contributed by atoms with Crippen molar-refractivity contribution in [2.75, 3.05) is 39.3 Å². The Morgan fingerprint density at radius 3 is 2.26 bits per heavy atom. The maximum absolute atomic E-state index is 11.6. The van der Waals surface area contributed by atoms with E-state index in [4.69, 9.17) is 0 Å². The van der Waals surface area contributed by atoms with Crippen LogP contribution in [0.4, 0.5) is 0 Å². The van der Waals surface area contributed by atoms with Gasteiger partial charge in [-0.1, -0.05) is 12.2 Å². The number of rotatable bonds is 5. The van der Waals surface area contributed by atoms with Gasteiger partial charge < -0.3 is 10.2 Å². The summed E-state index contributed by atoms with van der Waals surface area (Å²) >= 11 is 0. The number of amides is 2. The topological polar surface area (TPSA) is 52.7 Å². The molecule has 1 N–H and O–H groups in total. The van der Waals surface area contributed by atoms with Gasteiger partial charge in [-0.25, -0.2) is 0 Å². The van der Waals surface area contributed by atoms with E-state index in [0.29, 0.717) is 6.54 Å². The predicted molar refractivity (Wildman–Crippen MR) is 75.7 cm³/mol. The van der Waals surface area contributed by atoms with Gasteiger partial charge in [0.2, 0.25) is 11.8 Å². The largest absolute Gasteiger partial charge is 0.351 e. The van der Waals surface area contributed by atoms with E-state index in [-0.39, 0.29) is 11.8 Å². The highest BCUT2D eigenvalue weighted by molar-refractivity contribution is 5.87. The van der Waals surface area contributed by atoms with Crippen molar-refractivity contribution in [1.82, 2.24) is 15.1 Å². The molecule has 5 heteroatoms. The molecule has 1 fully saturated rings. The zero-order valence-electron chi connectivity index (χ0n) is 11.8. The molecule has 1 aliphatic heterocycles. The summed E-state index contributed by atoms with van der Waals surface area (Å²) in [7, 11) is 0. The zero-order chi connectivity index (χ0) is 14.1. The first kappa shape index (κ1) is 15.4. The number of nitrogens with one attached hydrogen (secondary N) is 1. The molecular weight excluding hydrogens is 242 g/mol. The van der Waals surface area contributed by atoms with Crippen LogP contribution in [-0.4, -0.2) is 60.9 Å². The molecule has 0 bridgehead atoms. The van der Waals surface area contributed by atoms with E-state index < -0.39 is 0 Å². The first-order valence-electron chi connectivity index (χ1n) is 6.72. The molecule has 0 radical (unpaired) electrons. The van der Waals surface area contributed by atoms with Crippen LogP contribution in [0.5, 0.6) is 0 Å². The third-order valence-electron chi connectivity index (χ3n) is 3.04. The summed E-state index contributed by atoms with van der Waals surface area (Å²) in [5.41, 5.74) is 0. The third kappa shape index (κ3) is 5.70. The van der Waals surface area contributed by atoms with Gasteiger partial charge in [0, 0.05) is 39.3 Å². The van der Waals surface area contributed by atoms with E-state index in [1.165, 1.54) is 6.08 Å². The second kappa shape index (κ2) is 8.48. The van der Waals surface area contributed by atoms with Gasteiger partial charge in [-0.05, 0) is 26.0 Å². The Hall–Kier alpha value is -1.62. The van der Waals surface area contributed by atoms with Crippen molar-refractivity contribution in [3.8, 4) is 0 Å². The summed E-state index contributed by atoms with van der Waals surface area (Å²) in [5, 5.41) is 2.83. The molecule has 0 unspecified atom stereocenters. The van der Waals surface area contributed by atoms with E-state index >= 15 is 0 Å². The van der Waals surface area contributed by atoms with Gasteiger partial charge in [0.15, 0.2) is 0 Å². The molecule has 0 aliphatic carbocycles. The number of hydrogen-bond donors (Lipinski definition) is 1. The quantitative estimate of drug-likeness (QED) is 0.732. The molecule has 0 aromatic carbocycles. The molecular formula is C14H23N3O2. The molecule has 0 atom stereocenters. The SMILES string of the molecule is C/C=C\C(=O)NCCN1CCN(C(=O)/C=C/C)CC1. The Morgan fingerprint density at radius 1 is 1.05 bits per heavy atom. The van der Waals surface area contributed by atoms with Crippen molar-refractivity contribution in [3.05, 3.63) is 24.3 Å². The van der Waals surface area contributed by atoms with Crippen molar-refractivity contribution < 1.29 is 9.59 Å². The van der Waals surface area contributed by atoms with Crippen molar-refractivity contribution in [3.63, 3.8) is 0 Å². The Balaban J connectivity index is 2.20. The van der Waals surface area contributed by atoms with Crippen LogP contribution in [0.3, 0.4) is 0 Å². The fourth-order valence-corrected chi connectivity index (χ4v) is 1.99. The second-order valence-electron chi connectivity index (χ2n) is 4.46. The summed E-state index contributed by atoms with van der Waals surface area (Å²) in [6, 6.07) is 0. The average molecular weight is 265 g/mol. The second-order valence-corrected chi connectivity index (χ2v) is 4.46. The van der Waals surface area contributed by atoms with Gasteiger partial charge >= 0.3 is 0 Å². The maximum atomic E-state index is 11.6. The van der Waals surface area contributed by atoms with Crippen LogP contribution >= 0.6 is 0 Å². The fourth-order valence-electron chi connectivity index (χ4n) is 1.99. The molecule has 1 aliphatic rings. The molecule has 1 rings (SSSR count). The lowest BCUT2D eigenvalue weighted by atomic mass is 10.3. The fraction of sp³-hybridized carbons (Fsp3) is 0.571. The zero-order valence-corrected chi connectivity index (χ0v) is 11.8. The molecule has 0 aromatic rings. The van der Waals surface area contributed by atoms with E-state index in [2.05, 4.69) is 10.2 Å². The Morgan fingerprint density at radius 2 is 1.68 bits per heavy atom. The Bertz CT molecular complexity index is 353. The van der Waals surface area contributed by atoms with E-state index in [1.807, 2.05) is 18.7 Å². The molecule has 19 heavy (non-hydrogen) atoms. The lowest BCUT2D eigenvalue weighted by Crippen LogP contribution is -2.49. The normalized spacial score (nSPS) is 17.3. The Kier molecular flexibility index (Phi) is 6.89. The minimum Gasteiger partial charge on any atom is -0.351 e. The Labute approximate surface area is 114 Å². The predicted octanol–water partition coefficient (Wildman–Crippen LogP) is 0.399. The van der Waals surface area contributed by atoms with Gasteiger partial charge in [0.25, 0.3) is 0 Å². The number of allylic oxidation sites excluding steroid dienone is 2. The highest BCUT2D eigenvalue weighted by Crippen LogP contribution is 2.02. The van der Waals surface area contributed by atoms with Crippen LogP contribution in [0, 0.1) is 0 Å². The first-order valence-corrected chi connectivity index (χ1v) is 6.72. The smallest absolute Gasteiger partial charge is 0.246 e. The van der Waals surface area contributed by atoms with Crippen LogP contribution in [0.1, 0.15) is 13.8 Å². The summed E-state index contributed by atoms with van der Waals surface area (Å²) in [6.45, 7) is 8.38. The van der Waals surface area contributed by atoms with E-state index in [1.54, 1.807) is 18.2 Å². The molecule has 1 saturated heterocycles. The van der Waals surface area contributed by atoms with Crippen molar-refractivity contribution in [2.45, 2.75) is 13.8 Å². The number of piperazine rings is 1. The van der Waals surface area contributed by atoms with Gasteiger partial charge in [-0.15, -0.1) is 0 Å². The minimum atomic E-state index is -0.0515. The van der Waals surface area contributed by atoms with Crippen molar-refractivity contribution >= 4 is 11.8 Å². The average Bonchev–Trinajstić information content (AvgIpc) is 2.40. The number of hydrogen-bond acceptors (Lipinski definition) is 3. The standard InChI is InChI=1S/C14H23N3O2/c1-3-5-13(18)15-7-8-16-9-11-17(12-10-16)14(19)6-4-2/h3-6H,7-12H2,1-2H3,(H,15,18)/b5-3-,6-4+. The van der Waals surface area contributed by atoms with Gasteiger partial charge in [0.1, 0.15) is 0 Å². The molecule has 2 amide bonds. The van der Waals surface area contributed by atoms with Crippen molar-refractivity contribution in [2.24, 2.45) is 0 Å². The van der Waals surface area contributed by atoms with Crippen molar-refractivity contribution in [1.29, 1.82) is 0 Å². The molecule has 106 valence electrons. The molecule has 0 spiro atoms. The van der Waals surface area contributed by atoms with Crippen LogP contribution in [0.2, 0.25) is 0 Å². The summed E-state index contributed by atoms with van der Waals surface area (Å²) in [6.07, 6.45) is 6.62. The monoisotopic (exact) mass is 265 g/mol. The van der Waals surface area contributed by atoms with Gasteiger partial charge in [-0.3, -0.25) is 14.5 Å². The summed E-state index contributed by atoms with van der Waals surface area (Å²) in [4.78, 5) is 27.0. The summed E-state index contributed by atoms with van der Waals surface area (Å²) < 4.78 is 0. The van der Waals surface area contributed by atoms with Gasteiger partial charge in [0.05, 0.1) is 0 Å².